The predicted molar refractivity (Wildman–Crippen MR) is 84.5 cm³/mol. The monoisotopic (exact) mass is 339 g/mol. The number of nitrogens with one attached hydrogen (secondary N) is 1. The molecule has 1 saturated carbocycles. The quantitative estimate of drug-likeness (QED) is 0.823. The van der Waals surface area contributed by atoms with E-state index in [2.05, 4.69) is 28.2 Å². The smallest absolute Gasteiger partial charge is 0.251 e. The number of amides is 1. The van der Waals surface area contributed by atoms with Gasteiger partial charge in [0.2, 0.25) is 0 Å². The van der Waals surface area contributed by atoms with Crippen molar-refractivity contribution in [3.8, 4) is 5.75 Å². The molecule has 1 aliphatic rings. The first-order valence-corrected chi connectivity index (χ1v) is 8.26. The normalized spacial score (nSPS) is 26.2. The Bertz CT molecular complexity index is 503. The largest absolute Gasteiger partial charge is 0.508 e. The molecule has 2 unspecified atom stereocenters. The lowest BCUT2D eigenvalue weighted by Gasteiger charge is -2.39. The van der Waals surface area contributed by atoms with Gasteiger partial charge in [0.05, 0.1) is 5.54 Å². The van der Waals surface area contributed by atoms with Gasteiger partial charge in [-0.2, -0.15) is 0 Å². The fourth-order valence-electron chi connectivity index (χ4n) is 2.99. The van der Waals surface area contributed by atoms with Crippen LogP contribution in [0, 0.1) is 12.8 Å². The number of aryl methyl sites for hydroxylation is 1. The molecule has 0 spiro atoms. The van der Waals surface area contributed by atoms with Gasteiger partial charge in [-0.25, -0.2) is 0 Å². The van der Waals surface area contributed by atoms with Crippen LogP contribution in [0.25, 0.3) is 0 Å². The summed E-state index contributed by atoms with van der Waals surface area (Å²) in [5, 5.41) is 13.7. The standard InChI is InChI=1S/C16H22BrNO2/c1-11-4-3-7-16(9-11,10-17)18-15(20)13-6-5-12(2)14(19)8-13/h5-6,8,11,19H,3-4,7,9-10H2,1-2H3,(H,18,20). The summed E-state index contributed by atoms with van der Waals surface area (Å²) in [4.78, 5) is 12.4. The third-order valence-corrected chi connectivity index (χ3v) is 5.27. The third-order valence-electron chi connectivity index (χ3n) is 4.20. The number of halogens is 1. The van der Waals surface area contributed by atoms with Crippen LogP contribution >= 0.6 is 15.9 Å². The maximum Gasteiger partial charge on any atom is 0.251 e. The Morgan fingerprint density at radius 3 is 2.90 bits per heavy atom. The summed E-state index contributed by atoms with van der Waals surface area (Å²) < 4.78 is 0. The molecule has 110 valence electrons. The van der Waals surface area contributed by atoms with Gasteiger partial charge in [-0.3, -0.25) is 4.79 Å². The van der Waals surface area contributed by atoms with E-state index in [1.54, 1.807) is 18.2 Å². The molecule has 1 fully saturated rings. The number of aromatic hydroxyl groups is 1. The molecular formula is C16H22BrNO2. The fourth-order valence-corrected chi connectivity index (χ4v) is 3.64. The van der Waals surface area contributed by atoms with Crippen LogP contribution in [-0.4, -0.2) is 21.9 Å². The van der Waals surface area contributed by atoms with Gasteiger partial charge in [-0.05, 0) is 43.4 Å². The van der Waals surface area contributed by atoms with Crippen LogP contribution < -0.4 is 5.32 Å². The van der Waals surface area contributed by atoms with Crippen molar-refractivity contribution in [2.75, 3.05) is 5.33 Å². The summed E-state index contributed by atoms with van der Waals surface area (Å²) >= 11 is 3.56. The van der Waals surface area contributed by atoms with Gasteiger partial charge in [0.1, 0.15) is 5.75 Å². The molecule has 0 radical (unpaired) electrons. The predicted octanol–water partition coefficient (Wildman–Crippen LogP) is 3.77. The van der Waals surface area contributed by atoms with Gasteiger partial charge in [0.25, 0.3) is 5.91 Å². The van der Waals surface area contributed by atoms with Crippen LogP contribution in [0.1, 0.15) is 48.5 Å². The minimum atomic E-state index is -0.157. The first-order valence-electron chi connectivity index (χ1n) is 7.14. The molecule has 0 saturated heterocycles. The van der Waals surface area contributed by atoms with Crippen molar-refractivity contribution in [3.05, 3.63) is 29.3 Å². The highest BCUT2D eigenvalue weighted by Crippen LogP contribution is 2.34. The second kappa shape index (κ2) is 6.17. The van der Waals surface area contributed by atoms with E-state index in [9.17, 15) is 9.90 Å². The lowest BCUT2D eigenvalue weighted by Crippen LogP contribution is -2.52. The molecule has 1 aromatic rings. The zero-order valence-corrected chi connectivity index (χ0v) is 13.7. The number of phenolic OH excluding ortho intramolecular Hbond substituents is 1. The van der Waals surface area contributed by atoms with Crippen molar-refractivity contribution in [1.82, 2.24) is 5.32 Å². The van der Waals surface area contributed by atoms with Crippen LogP contribution in [0.5, 0.6) is 5.75 Å². The van der Waals surface area contributed by atoms with Crippen LogP contribution in [0.4, 0.5) is 0 Å². The third kappa shape index (κ3) is 3.35. The van der Waals surface area contributed by atoms with Crippen molar-refractivity contribution in [3.63, 3.8) is 0 Å². The van der Waals surface area contributed by atoms with Crippen molar-refractivity contribution >= 4 is 21.8 Å². The number of phenols is 1. The molecule has 20 heavy (non-hydrogen) atoms. The minimum absolute atomic E-state index is 0.103. The molecule has 0 aliphatic heterocycles. The molecule has 1 aromatic carbocycles. The van der Waals surface area contributed by atoms with Gasteiger partial charge in [0, 0.05) is 10.9 Å². The van der Waals surface area contributed by atoms with Crippen LogP contribution in [0.2, 0.25) is 0 Å². The maximum atomic E-state index is 12.4. The van der Waals surface area contributed by atoms with Gasteiger partial charge >= 0.3 is 0 Å². The minimum Gasteiger partial charge on any atom is -0.508 e. The van der Waals surface area contributed by atoms with Crippen LogP contribution in [-0.2, 0) is 0 Å². The average Bonchev–Trinajstić information content (AvgIpc) is 2.41. The molecule has 0 aromatic heterocycles. The van der Waals surface area contributed by atoms with Gasteiger partial charge < -0.3 is 10.4 Å². The van der Waals surface area contributed by atoms with E-state index in [0.29, 0.717) is 11.5 Å². The summed E-state index contributed by atoms with van der Waals surface area (Å²) in [6.45, 7) is 4.06. The van der Waals surface area contributed by atoms with Gasteiger partial charge in [0.15, 0.2) is 0 Å². The molecule has 2 rings (SSSR count). The maximum absolute atomic E-state index is 12.4. The number of benzene rings is 1. The Balaban J connectivity index is 2.14. The lowest BCUT2D eigenvalue weighted by molar-refractivity contribution is 0.0869. The number of hydrogen-bond donors (Lipinski definition) is 2. The molecule has 3 nitrogen and oxygen atoms in total. The molecule has 0 bridgehead atoms. The first kappa shape index (κ1) is 15.4. The Morgan fingerprint density at radius 1 is 1.55 bits per heavy atom. The zero-order chi connectivity index (χ0) is 14.8. The molecule has 4 heteroatoms. The second-order valence-electron chi connectivity index (χ2n) is 6.07. The second-order valence-corrected chi connectivity index (χ2v) is 6.63. The summed E-state index contributed by atoms with van der Waals surface area (Å²) in [5.41, 5.74) is 1.14. The number of alkyl halides is 1. The lowest BCUT2D eigenvalue weighted by atomic mass is 9.77. The van der Waals surface area contributed by atoms with E-state index in [4.69, 9.17) is 0 Å². The molecule has 2 N–H and O–H groups in total. The fraction of sp³-hybridized carbons (Fsp3) is 0.562. The van der Waals surface area contributed by atoms with E-state index in [0.717, 1.165) is 30.2 Å². The van der Waals surface area contributed by atoms with Gasteiger partial charge in [-0.15, -0.1) is 0 Å². The summed E-state index contributed by atoms with van der Waals surface area (Å²) in [6, 6.07) is 5.08. The van der Waals surface area contributed by atoms with Gasteiger partial charge in [-0.1, -0.05) is 41.8 Å². The Labute approximate surface area is 128 Å². The van der Waals surface area contributed by atoms with E-state index in [1.807, 2.05) is 6.92 Å². The van der Waals surface area contributed by atoms with E-state index in [-0.39, 0.29) is 17.2 Å². The zero-order valence-electron chi connectivity index (χ0n) is 12.1. The van der Waals surface area contributed by atoms with Crippen molar-refractivity contribution in [2.24, 2.45) is 5.92 Å². The Hall–Kier alpha value is -1.03. The summed E-state index contributed by atoms with van der Waals surface area (Å²) in [6.07, 6.45) is 4.39. The molecule has 2 atom stereocenters. The Morgan fingerprint density at radius 2 is 2.30 bits per heavy atom. The molecular weight excluding hydrogens is 318 g/mol. The van der Waals surface area contributed by atoms with E-state index in [1.165, 1.54) is 6.42 Å². The molecule has 0 heterocycles. The highest BCUT2D eigenvalue weighted by atomic mass is 79.9. The number of hydrogen-bond acceptors (Lipinski definition) is 2. The summed E-state index contributed by atoms with van der Waals surface area (Å²) in [7, 11) is 0. The van der Waals surface area contributed by atoms with Crippen LogP contribution in [0.15, 0.2) is 18.2 Å². The number of carbonyl (C=O) groups excluding carboxylic acids is 1. The van der Waals surface area contributed by atoms with Crippen molar-refractivity contribution < 1.29 is 9.90 Å². The van der Waals surface area contributed by atoms with Crippen molar-refractivity contribution in [1.29, 1.82) is 0 Å². The van der Waals surface area contributed by atoms with Crippen LogP contribution in [0.3, 0.4) is 0 Å². The first-order chi connectivity index (χ1) is 9.46. The van der Waals surface area contributed by atoms with Crippen molar-refractivity contribution in [2.45, 2.75) is 45.1 Å². The number of rotatable bonds is 3. The highest BCUT2D eigenvalue weighted by molar-refractivity contribution is 9.09. The molecule has 1 aliphatic carbocycles. The average molecular weight is 340 g/mol. The Kier molecular flexibility index (Phi) is 4.74. The molecule has 1 amide bonds. The highest BCUT2D eigenvalue weighted by Gasteiger charge is 2.35. The van der Waals surface area contributed by atoms with E-state index >= 15 is 0 Å². The SMILES string of the molecule is Cc1ccc(C(=O)NC2(CBr)CCCC(C)C2)cc1O. The topological polar surface area (TPSA) is 49.3 Å². The summed E-state index contributed by atoms with van der Waals surface area (Å²) in [5.74, 6) is 0.699. The number of carbonyl (C=O) groups is 1. The van der Waals surface area contributed by atoms with E-state index < -0.39 is 0 Å².